The first kappa shape index (κ1) is 15.4. The number of carbonyl (C=O) groups is 2. The zero-order chi connectivity index (χ0) is 14.8. The lowest BCUT2D eigenvalue weighted by Gasteiger charge is -2.40. The summed E-state index contributed by atoms with van der Waals surface area (Å²) in [5.41, 5.74) is -1.61. The van der Waals surface area contributed by atoms with Gasteiger partial charge in [0, 0.05) is 25.7 Å². The average molecular weight is 273 g/mol. The molecule has 1 aliphatic carbocycles. The number of ether oxygens (including phenoxy) is 2. The van der Waals surface area contributed by atoms with Crippen molar-refractivity contribution in [3.8, 4) is 0 Å². The van der Waals surface area contributed by atoms with E-state index in [1.807, 2.05) is 6.92 Å². The molecule has 0 N–H and O–H groups in total. The first-order valence-corrected chi connectivity index (χ1v) is 6.16. The topological polar surface area (TPSA) is 95.7 Å². The Hall–Kier alpha value is -1.66. The Morgan fingerprint density at radius 3 is 1.79 bits per heavy atom. The highest BCUT2D eigenvalue weighted by Gasteiger charge is 2.59. The van der Waals surface area contributed by atoms with E-state index >= 15 is 0 Å². The van der Waals surface area contributed by atoms with Gasteiger partial charge in [0.1, 0.15) is 0 Å². The Kier molecular flexibility index (Phi) is 4.49. The lowest BCUT2D eigenvalue weighted by Crippen LogP contribution is -2.61. The number of carbonyl (C=O) groups excluding carboxylic acids is 2. The van der Waals surface area contributed by atoms with Crippen molar-refractivity contribution in [3.63, 3.8) is 0 Å². The summed E-state index contributed by atoms with van der Waals surface area (Å²) in [6.07, 6.45) is -1.02. The third-order valence-corrected chi connectivity index (χ3v) is 3.55. The van der Waals surface area contributed by atoms with Crippen LogP contribution in [0.5, 0.6) is 0 Å². The first-order chi connectivity index (χ1) is 8.67. The molecule has 0 radical (unpaired) electrons. The Balaban J connectivity index is 3.09. The van der Waals surface area contributed by atoms with Gasteiger partial charge in [0.2, 0.25) is 0 Å². The Morgan fingerprint density at radius 1 is 1.16 bits per heavy atom. The van der Waals surface area contributed by atoms with Crippen molar-refractivity contribution in [1.82, 2.24) is 0 Å². The summed E-state index contributed by atoms with van der Waals surface area (Å²) in [6.45, 7) is 5.66. The van der Waals surface area contributed by atoms with Gasteiger partial charge in [-0.1, -0.05) is 6.92 Å². The number of hydrogen-bond acceptors (Lipinski definition) is 6. The molecule has 1 fully saturated rings. The van der Waals surface area contributed by atoms with Gasteiger partial charge in [0.15, 0.2) is 12.2 Å². The van der Waals surface area contributed by atoms with Crippen molar-refractivity contribution < 1.29 is 24.0 Å². The fourth-order valence-corrected chi connectivity index (χ4v) is 2.48. The van der Waals surface area contributed by atoms with E-state index in [1.54, 1.807) is 0 Å². The van der Waals surface area contributed by atoms with Gasteiger partial charge in [-0.05, 0) is 18.8 Å². The summed E-state index contributed by atoms with van der Waals surface area (Å²) in [6, 6.07) is 0. The molecule has 108 valence electrons. The highest BCUT2D eigenvalue weighted by molar-refractivity contribution is 5.67. The molecule has 0 spiro atoms. The molecule has 2 atom stereocenters. The van der Waals surface area contributed by atoms with Gasteiger partial charge in [-0.2, -0.15) is 0 Å². The van der Waals surface area contributed by atoms with Crippen LogP contribution in [-0.4, -0.2) is 34.6 Å². The van der Waals surface area contributed by atoms with Crippen LogP contribution >= 0.6 is 0 Å². The molecule has 0 aliphatic heterocycles. The van der Waals surface area contributed by atoms with E-state index in [4.69, 9.17) is 9.47 Å². The van der Waals surface area contributed by atoms with Gasteiger partial charge in [0.25, 0.3) is 5.54 Å². The van der Waals surface area contributed by atoms with Crippen LogP contribution in [0.1, 0.15) is 40.5 Å². The summed E-state index contributed by atoms with van der Waals surface area (Å²) >= 11 is 0. The van der Waals surface area contributed by atoms with Crippen LogP contribution in [0.2, 0.25) is 0 Å². The van der Waals surface area contributed by atoms with Crippen molar-refractivity contribution in [3.05, 3.63) is 10.1 Å². The second-order valence-corrected chi connectivity index (χ2v) is 5.26. The molecule has 19 heavy (non-hydrogen) atoms. The van der Waals surface area contributed by atoms with Crippen molar-refractivity contribution in [2.45, 2.75) is 58.3 Å². The van der Waals surface area contributed by atoms with Gasteiger partial charge in [-0.15, -0.1) is 0 Å². The smallest absolute Gasteiger partial charge is 0.303 e. The fourth-order valence-electron chi connectivity index (χ4n) is 2.48. The first-order valence-electron chi connectivity index (χ1n) is 6.16. The highest BCUT2D eigenvalue weighted by Crippen LogP contribution is 2.38. The maximum absolute atomic E-state index is 11.4. The molecular formula is C12H19NO6. The van der Waals surface area contributed by atoms with E-state index in [0.717, 1.165) is 0 Å². The molecule has 0 heterocycles. The minimum Gasteiger partial charge on any atom is -0.455 e. The molecule has 0 aromatic carbocycles. The van der Waals surface area contributed by atoms with Crippen LogP contribution in [0, 0.1) is 16.0 Å². The number of nitro groups is 1. The second kappa shape index (κ2) is 5.54. The van der Waals surface area contributed by atoms with Gasteiger partial charge in [-0.3, -0.25) is 19.7 Å². The van der Waals surface area contributed by atoms with E-state index < -0.39 is 34.6 Å². The molecule has 1 saturated carbocycles. The SMILES string of the molecule is CC(=O)OC1CC(C)CC(OC(C)=O)C1(C)[N+](=O)[O-]. The normalized spacial score (nSPS) is 34.4. The van der Waals surface area contributed by atoms with Crippen LogP contribution in [0.25, 0.3) is 0 Å². The number of rotatable bonds is 3. The van der Waals surface area contributed by atoms with Crippen molar-refractivity contribution in [2.75, 3.05) is 0 Å². The van der Waals surface area contributed by atoms with Gasteiger partial charge >= 0.3 is 11.9 Å². The third kappa shape index (κ3) is 3.21. The highest BCUT2D eigenvalue weighted by atomic mass is 16.6. The number of esters is 2. The largest absolute Gasteiger partial charge is 0.455 e. The minimum absolute atomic E-state index is 0.0710. The summed E-state index contributed by atoms with van der Waals surface area (Å²) < 4.78 is 10.2. The second-order valence-electron chi connectivity index (χ2n) is 5.26. The van der Waals surface area contributed by atoms with Crippen molar-refractivity contribution in [1.29, 1.82) is 0 Å². The van der Waals surface area contributed by atoms with E-state index in [2.05, 4.69) is 0 Å². The molecule has 0 aromatic rings. The molecule has 7 heteroatoms. The van der Waals surface area contributed by atoms with E-state index in [9.17, 15) is 19.7 Å². The fraction of sp³-hybridized carbons (Fsp3) is 0.833. The summed E-state index contributed by atoms with van der Waals surface area (Å²) in [5, 5.41) is 11.4. The lowest BCUT2D eigenvalue weighted by atomic mass is 9.74. The molecule has 2 unspecified atom stereocenters. The van der Waals surface area contributed by atoms with E-state index in [0.29, 0.717) is 12.8 Å². The van der Waals surface area contributed by atoms with Gasteiger partial charge < -0.3 is 9.47 Å². The molecule has 0 saturated heterocycles. The van der Waals surface area contributed by atoms with E-state index in [1.165, 1.54) is 20.8 Å². The molecule has 7 nitrogen and oxygen atoms in total. The average Bonchev–Trinajstić information content (AvgIpc) is 2.22. The molecule has 0 amide bonds. The van der Waals surface area contributed by atoms with E-state index in [-0.39, 0.29) is 5.92 Å². The van der Waals surface area contributed by atoms with Crippen LogP contribution in [0.4, 0.5) is 0 Å². The van der Waals surface area contributed by atoms with Crippen LogP contribution in [0.15, 0.2) is 0 Å². The van der Waals surface area contributed by atoms with Gasteiger partial charge in [0.05, 0.1) is 0 Å². The van der Waals surface area contributed by atoms with Crippen LogP contribution < -0.4 is 0 Å². The Bertz CT molecular complexity index is 368. The molecular weight excluding hydrogens is 254 g/mol. The zero-order valence-electron chi connectivity index (χ0n) is 11.5. The molecule has 1 rings (SSSR count). The third-order valence-electron chi connectivity index (χ3n) is 3.55. The van der Waals surface area contributed by atoms with Crippen molar-refractivity contribution >= 4 is 11.9 Å². The molecule has 1 aliphatic rings. The summed E-state index contributed by atoms with van der Waals surface area (Å²) in [4.78, 5) is 33.1. The summed E-state index contributed by atoms with van der Waals surface area (Å²) in [5.74, 6) is -1.08. The lowest BCUT2D eigenvalue weighted by molar-refractivity contribution is -0.594. The number of nitrogens with zero attached hydrogens (tertiary/aromatic N) is 1. The monoisotopic (exact) mass is 273 g/mol. The van der Waals surface area contributed by atoms with Crippen LogP contribution in [-0.2, 0) is 19.1 Å². The Labute approximate surface area is 111 Å². The van der Waals surface area contributed by atoms with Crippen molar-refractivity contribution in [2.24, 2.45) is 5.92 Å². The maximum atomic E-state index is 11.4. The Morgan fingerprint density at radius 2 is 1.53 bits per heavy atom. The molecule has 0 bridgehead atoms. The number of hydrogen-bond donors (Lipinski definition) is 0. The predicted molar refractivity (Wildman–Crippen MR) is 64.9 cm³/mol. The summed E-state index contributed by atoms with van der Waals surface area (Å²) in [7, 11) is 0. The quantitative estimate of drug-likeness (QED) is 0.437. The van der Waals surface area contributed by atoms with Gasteiger partial charge in [-0.25, -0.2) is 0 Å². The standard InChI is InChI=1S/C12H19NO6/c1-7-5-10(18-8(2)14)12(4,13(16)17)11(6-7)19-9(3)15/h7,10-11H,5-6H2,1-4H3. The molecule has 0 aromatic heterocycles. The predicted octanol–water partition coefficient (Wildman–Crippen LogP) is 1.32. The minimum atomic E-state index is -1.61. The zero-order valence-corrected chi connectivity index (χ0v) is 11.5. The maximum Gasteiger partial charge on any atom is 0.303 e. The van der Waals surface area contributed by atoms with Crippen LogP contribution in [0.3, 0.4) is 0 Å².